The summed E-state index contributed by atoms with van der Waals surface area (Å²) in [5.41, 5.74) is 2.07. The van der Waals surface area contributed by atoms with E-state index in [1.165, 1.54) is 0 Å². The zero-order chi connectivity index (χ0) is 23.2. The van der Waals surface area contributed by atoms with E-state index >= 15 is 0 Å². The van der Waals surface area contributed by atoms with Crippen molar-refractivity contribution >= 4 is 23.7 Å². The molecule has 6 nitrogen and oxygen atoms in total. The fraction of sp³-hybridized carbons (Fsp3) is 0.462. The summed E-state index contributed by atoms with van der Waals surface area (Å²) < 4.78 is 0. The van der Waals surface area contributed by atoms with E-state index in [1.807, 2.05) is 36.4 Å². The number of aliphatic carboxylic acids is 2. The monoisotopic (exact) mass is 468 g/mol. The Morgan fingerprint density at radius 1 is 0.818 bits per heavy atom. The lowest BCUT2D eigenvalue weighted by Crippen LogP contribution is -2.27. The lowest BCUT2D eigenvalue weighted by molar-refractivity contribution is -0.144. The van der Waals surface area contributed by atoms with E-state index < -0.39 is 11.9 Å². The van der Waals surface area contributed by atoms with Gasteiger partial charge in [-0.2, -0.15) is 0 Å². The first-order chi connectivity index (χ1) is 16.0. The molecule has 0 aromatic heterocycles. The Hall–Kier alpha value is -2.35. The van der Waals surface area contributed by atoms with Gasteiger partial charge in [-0.15, -0.1) is 0 Å². The average molecular weight is 469 g/mol. The summed E-state index contributed by atoms with van der Waals surface area (Å²) in [5, 5.41) is 26.0. The number of rotatable bonds is 10. The summed E-state index contributed by atoms with van der Waals surface area (Å²) in [7, 11) is 0. The zero-order valence-electron chi connectivity index (χ0n) is 18.7. The first kappa shape index (κ1) is 23.8. The number of nitrogens with one attached hydrogen (secondary N) is 2. The van der Waals surface area contributed by atoms with Gasteiger partial charge in [0, 0.05) is 9.79 Å². The summed E-state index contributed by atoms with van der Waals surface area (Å²) in [6.07, 6.45) is 2.89. The van der Waals surface area contributed by atoms with Crippen LogP contribution in [0, 0.1) is 23.7 Å². The molecule has 2 aliphatic heterocycles. The molecule has 2 fully saturated rings. The highest BCUT2D eigenvalue weighted by Gasteiger charge is 2.31. The number of hydrogen-bond acceptors (Lipinski definition) is 5. The molecule has 7 heteroatoms. The van der Waals surface area contributed by atoms with Crippen LogP contribution in [0.1, 0.15) is 24.0 Å². The second kappa shape index (κ2) is 11.2. The maximum atomic E-state index is 11.9. The van der Waals surface area contributed by atoms with Gasteiger partial charge in [-0.3, -0.25) is 9.59 Å². The molecule has 33 heavy (non-hydrogen) atoms. The van der Waals surface area contributed by atoms with Crippen LogP contribution in [-0.4, -0.2) is 48.3 Å². The molecule has 4 atom stereocenters. The summed E-state index contributed by atoms with van der Waals surface area (Å²) in [5.74, 6) is -1.84. The Labute approximate surface area is 199 Å². The Morgan fingerprint density at radius 2 is 1.27 bits per heavy atom. The van der Waals surface area contributed by atoms with Crippen molar-refractivity contribution in [3.63, 3.8) is 0 Å². The lowest BCUT2D eigenvalue weighted by atomic mass is 9.86. The molecule has 2 aliphatic rings. The van der Waals surface area contributed by atoms with Gasteiger partial charge in [0.25, 0.3) is 0 Å². The zero-order valence-corrected chi connectivity index (χ0v) is 19.5. The minimum Gasteiger partial charge on any atom is -0.481 e. The third-order valence-corrected chi connectivity index (χ3v) is 7.89. The Kier molecular flexibility index (Phi) is 8.06. The Bertz CT molecular complexity index is 893. The second-order valence-corrected chi connectivity index (χ2v) is 10.3. The highest BCUT2D eigenvalue weighted by atomic mass is 32.2. The van der Waals surface area contributed by atoms with Crippen molar-refractivity contribution in [1.82, 2.24) is 10.6 Å². The van der Waals surface area contributed by atoms with Gasteiger partial charge in [0.1, 0.15) is 0 Å². The number of carbonyl (C=O) groups is 2. The topological polar surface area (TPSA) is 98.7 Å². The smallest absolute Gasteiger partial charge is 0.307 e. The largest absolute Gasteiger partial charge is 0.481 e. The van der Waals surface area contributed by atoms with Crippen LogP contribution in [0.25, 0.3) is 0 Å². The highest BCUT2D eigenvalue weighted by Crippen LogP contribution is 2.32. The third kappa shape index (κ3) is 6.37. The van der Waals surface area contributed by atoms with Crippen LogP contribution in [0.3, 0.4) is 0 Å². The molecule has 4 N–H and O–H groups in total. The molecule has 0 radical (unpaired) electrons. The molecule has 0 amide bonds. The lowest BCUT2D eigenvalue weighted by Gasteiger charge is -2.19. The fourth-order valence-electron chi connectivity index (χ4n) is 5.07. The molecule has 2 heterocycles. The number of benzene rings is 2. The van der Waals surface area contributed by atoms with E-state index in [-0.39, 0.29) is 23.7 Å². The minimum absolute atomic E-state index is 0.174. The number of carboxylic acid groups (broad SMARTS) is 2. The first-order valence-corrected chi connectivity index (χ1v) is 12.5. The van der Waals surface area contributed by atoms with E-state index in [1.54, 1.807) is 11.8 Å². The van der Waals surface area contributed by atoms with Crippen LogP contribution in [0.5, 0.6) is 0 Å². The predicted molar refractivity (Wildman–Crippen MR) is 129 cm³/mol. The summed E-state index contributed by atoms with van der Waals surface area (Å²) in [4.78, 5) is 25.8. The maximum absolute atomic E-state index is 11.9. The molecule has 2 unspecified atom stereocenters. The van der Waals surface area contributed by atoms with E-state index in [2.05, 4.69) is 22.8 Å². The van der Waals surface area contributed by atoms with Gasteiger partial charge in [-0.25, -0.2) is 0 Å². The Morgan fingerprint density at radius 3 is 1.64 bits per heavy atom. The van der Waals surface area contributed by atoms with Crippen LogP contribution >= 0.6 is 11.8 Å². The Balaban J connectivity index is 1.43. The predicted octanol–water partition coefficient (Wildman–Crippen LogP) is 3.54. The molecule has 176 valence electrons. The number of hydrogen-bond donors (Lipinski definition) is 4. The molecule has 4 rings (SSSR count). The van der Waals surface area contributed by atoms with E-state index in [0.29, 0.717) is 12.8 Å². The van der Waals surface area contributed by atoms with Crippen molar-refractivity contribution in [2.24, 2.45) is 23.7 Å². The van der Waals surface area contributed by atoms with Crippen LogP contribution in [0.15, 0.2) is 58.3 Å². The summed E-state index contributed by atoms with van der Waals surface area (Å²) in [6.45, 7) is 3.32. The van der Waals surface area contributed by atoms with E-state index in [9.17, 15) is 19.8 Å². The van der Waals surface area contributed by atoms with Crippen LogP contribution in [0.2, 0.25) is 0 Å². The molecule has 2 aromatic rings. The standard InChI is InChI=1S/C26H32N2O4S/c29-25(30)23(19-7-9-27-15-19)13-17-3-1-5-21(11-17)33-22-6-2-4-18(12-22)14-24(26(31)32)20-8-10-28-16-20/h1-6,11-12,19-20,23-24,27-28H,7-10,13-16H2,(H,29,30)(H,31,32)/t19-,20-,23?,24?/m0/s1. The first-order valence-electron chi connectivity index (χ1n) is 11.7. The molecule has 0 aliphatic carbocycles. The molecule has 0 saturated carbocycles. The highest BCUT2D eigenvalue weighted by molar-refractivity contribution is 7.99. The number of carboxylic acids is 2. The minimum atomic E-state index is -0.722. The SMILES string of the molecule is O=C(O)C(Cc1cccc(Sc2cccc(CC(C(=O)O)[C@H]3CCNC3)c2)c1)[C@H]1CCNC1. The van der Waals surface area contributed by atoms with Crippen LogP contribution in [0.4, 0.5) is 0 Å². The maximum Gasteiger partial charge on any atom is 0.307 e. The van der Waals surface area contributed by atoms with Crippen molar-refractivity contribution < 1.29 is 19.8 Å². The van der Waals surface area contributed by atoms with Gasteiger partial charge in [0.2, 0.25) is 0 Å². The third-order valence-electron chi connectivity index (χ3n) is 6.91. The molecule has 0 bridgehead atoms. The van der Waals surface area contributed by atoms with Gasteiger partial charge < -0.3 is 20.8 Å². The molecular weight excluding hydrogens is 436 g/mol. The van der Waals surface area contributed by atoms with Crippen molar-refractivity contribution in [2.75, 3.05) is 26.2 Å². The van der Waals surface area contributed by atoms with E-state index in [0.717, 1.165) is 59.9 Å². The van der Waals surface area contributed by atoms with Crippen molar-refractivity contribution in [3.8, 4) is 0 Å². The van der Waals surface area contributed by atoms with Crippen LogP contribution in [-0.2, 0) is 22.4 Å². The van der Waals surface area contributed by atoms with Gasteiger partial charge in [-0.1, -0.05) is 36.0 Å². The molecule has 0 spiro atoms. The average Bonchev–Trinajstić information content (AvgIpc) is 3.50. The van der Waals surface area contributed by atoms with Gasteiger partial charge in [-0.05, 0) is 99.1 Å². The van der Waals surface area contributed by atoms with Gasteiger partial charge >= 0.3 is 11.9 Å². The van der Waals surface area contributed by atoms with E-state index in [4.69, 9.17) is 0 Å². The molecular formula is C26H32N2O4S. The van der Waals surface area contributed by atoms with Gasteiger partial charge in [0.15, 0.2) is 0 Å². The van der Waals surface area contributed by atoms with Crippen LogP contribution < -0.4 is 10.6 Å². The van der Waals surface area contributed by atoms with Gasteiger partial charge in [0.05, 0.1) is 11.8 Å². The summed E-state index contributed by atoms with van der Waals surface area (Å²) >= 11 is 1.63. The normalized spacial score (nSPS) is 22.2. The fourth-order valence-corrected chi connectivity index (χ4v) is 6.05. The van der Waals surface area contributed by atoms with Crippen molar-refractivity contribution in [1.29, 1.82) is 0 Å². The molecule has 2 aromatic carbocycles. The second-order valence-electron chi connectivity index (χ2n) is 9.20. The van der Waals surface area contributed by atoms with Crippen molar-refractivity contribution in [3.05, 3.63) is 59.7 Å². The quantitative estimate of drug-likeness (QED) is 0.423. The molecule has 2 saturated heterocycles. The summed E-state index contributed by atoms with van der Waals surface area (Å²) in [6, 6.07) is 16.2. The van der Waals surface area contributed by atoms with Crippen molar-refractivity contribution in [2.45, 2.75) is 35.5 Å².